The van der Waals surface area contributed by atoms with Gasteiger partial charge in [0.2, 0.25) is 0 Å². The number of carbonyl (C=O) groups is 3. The number of esters is 1. The number of anilines is 2. The molecule has 3 rings (SSSR count). The summed E-state index contributed by atoms with van der Waals surface area (Å²) in [4.78, 5) is 36.2. The topological polar surface area (TPSA) is 93.7 Å². The van der Waals surface area contributed by atoms with Gasteiger partial charge in [-0.05, 0) is 60.7 Å². The molecule has 0 aliphatic rings. The second kappa shape index (κ2) is 10.3. The van der Waals surface area contributed by atoms with E-state index in [1.807, 2.05) is 0 Å². The third-order valence-electron chi connectivity index (χ3n) is 4.12. The molecule has 0 heterocycles. The Balaban J connectivity index is 1.47. The number of alkyl halides is 3. The Morgan fingerprint density at radius 1 is 0.727 bits per heavy atom. The zero-order valence-electron chi connectivity index (χ0n) is 16.9. The second-order valence-corrected chi connectivity index (χ2v) is 6.59. The van der Waals surface area contributed by atoms with Gasteiger partial charge >= 0.3 is 12.3 Å². The van der Waals surface area contributed by atoms with Gasteiger partial charge in [0.05, 0.1) is 5.56 Å². The molecule has 0 saturated heterocycles. The van der Waals surface area contributed by atoms with E-state index in [0.717, 1.165) is 12.1 Å². The minimum absolute atomic E-state index is 0.161. The quantitative estimate of drug-likeness (QED) is 0.504. The van der Waals surface area contributed by atoms with Gasteiger partial charge in [-0.1, -0.05) is 18.2 Å². The lowest BCUT2D eigenvalue weighted by molar-refractivity contribution is -0.274. The number of hydrogen-bond donors (Lipinski definition) is 2. The van der Waals surface area contributed by atoms with E-state index in [9.17, 15) is 27.6 Å². The maximum atomic E-state index is 12.2. The summed E-state index contributed by atoms with van der Waals surface area (Å²) in [7, 11) is 0. The molecule has 3 aromatic rings. The van der Waals surface area contributed by atoms with Crippen molar-refractivity contribution in [2.24, 2.45) is 0 Å². The van der Waals surface area contributed by atoms with Crippen LogP contribution in [0.3, 0.4) is 0 Å². The minimum atomic E-state index is -4.81. The molecule has 10 heteroatoms. The summed E-state index contributed by atoms with van der Waals surface area (Å²) in [5.74, 6) is -2.18. The van der Waals surface area contributed by atoms with Gasteiger partial charge in [-0.3, -0.25) is 9.59 Å². The van der Waals surface area contributed by atoms with Crippen molar-refractivity contribution in [1.29, 1.82) is 0 Å². The molecule has 0 spiro atoms. The van der Waals surface area contributed by atoms with Crippen LogP contribution in [0.1, 0.15) is 20.7 Å². The fourth-order valence-corrected chi connectivity index (χ4v) is 2.63. The molecule has 2 N–H and O–H groups in total. The van der Waals surface area contributed by atoms with E-state index in [-0.39, 0.29) is 17.2 Å². The van der Waals surface area contributed by atoms with E-state index in [1.54, 1.807) is 30.3 Å². The maximum Gasteiger partial charge on any atom is 0.573 e. The first-order chi connectivity index (χ1) is 15.7. The largest absolute Gasteiger partial charge is 0.573 e. The number of halogens is 3. The van der Waals surface area contributed by atoms with E-state index in [2.05, 4.69) is 15.4 Å². The SMILES string of the molecule is O=C(COC(=O)c1ccc(NC(=O)c2ccccc2)cc1)Nc1ccc(OC(F)(F)F)cc1. The van der Waals surface area contributed by atoms with Crippen molar-refractivity contribution >= 4 is 29.2 Å². The van der Waals surface area contributed by atoms with E-state index >= 15 is 0 Å². The number of carbonyl (C=O) groups excluding carboxylic acids is 3. The zero-order valence-corrected chi connectivity index (χ0v) is 16.9. The third kappa shape index (κ3) is 7.39. The molecule has 7 nitrogen and oxygen atoms in total. The Labute approximate surface area is 186 Å². The van der Waals surface area contributed by atoms with Crippen molar-refractivity contribution in [3.8, 4) is 5.75 Å². The fourth-order valence-electron chi connectivity index (χ4n) is 2.63. The first kappa shape index (κ1) is 23.3. The van der Waals surface area contributed by atoms with Gasteiger partial charge in [-0.2, -0.15) is 0 Å². The first-order valence-corrected chi connectivity index (χ1v) is 9.49. The maximum absolute atomic E-state index is 12.2. The summed E-state index contributed by atoms with van der Waals surface area (Å²) < 4.78 is 45.1. The Morgan fingerprint density at radius 2 is 1.30 bits per heavy atom. The van der Waals surface area contributed by atoms with Gasteiger partial charge < -0.3 is 20.1 Å². The molecule has 0 unspecified atom stereocenters. The number of ether oxygens (including phenoxy) is 2. The number of rotatable bonds is 7. The van der Waals surface area contributed by atoms with Crippen LogP contribution in [0.5, 0.6) is 5.75 Å². The fraction of sp³-hybridized carbons (Fsp3) is 0.0870. The standard InChI is InChI=1S/C23H17F3N2O5/c24-23(25,26)33-19-12-10-17(11-13-19)27-20(29)14-32-22(31)16-6-8-18(9-7-16)28-21(30)15-4-2-1-3-5-15/h1-13H,14H2,(H,27,29)(H,28,30). The summed E-state index contributed by atoms with van der Waals surface area (Å²) in [5.41, 5.74) is 1.31. The normalized spacial score (nSPS) is 10.8. The van der Waals surface area contributed by atoms with E-state index in [1.165, 1.54) is 36.4 Å². The molecule has 0 saturated carbocycles. The average molecular weight is 458 g/mol. The van der Waals surface area contributed by atoms with Gasteiger partial charge in [0, 0.05) is 16.9 Å². The van der Waals surface area contributed by atoms with Gasteiger partial charge in [0.1, 0.15) is 5.75 Å². The molecule has 0 radical (unpaired) electrons. The van der Waals surface area contributed by atoms with Crippen LogP contribution in [0.15, 0.2) is 78.9 Å². The van der Waals surface area contributed by atoms with Gasteiger partial charge in [-0.25, -0.2) is 4.79 Å². The van der Waals surface area contributed by atoms with Gasteiger partial charge in [-0.15, -0.1) is 13.2 Å². The molecule has 0 atom stereocenters. The molecule has 0 aliphatic heterocycles. The highest BCUT2D eigenvalue weighted by Gasteiger charge is 2.31. The first-order valence-electron chi connectivity index (χ1n) is 9.49. The summed E-state index contributed by atoms with van der Waals surface area (Å²) >= 11 is 0. The molecule has 33 heavy (non-hydrogen) atoms. The molecular formula is C23H17F3N2O5. The third-order valence-corrected chi connectivity index (χ3v) is 4.12. The summed E-state index contributed by atoms with van der Waals surface area (Å²) in [6.45, 7) is -0.605. The van der Waals surface area contributed by atoms with Gasteiger partial charge in [0.15, 0.2) is 6.61 Å². The molecular weight excluding hydrogens is 441 g/mol. The van der Waals surface area contributed by atoms with Crippen LogP contribution in [-0.2, 0) is 9.53 Å². The van der Waals surface area contributed by atoms with Crippen molar-refractivity contribution in [2.45, 2.75) is 6.36 Å². The molecule has 3 aromatic carbocycles. The molecule has 170 valence electrons. The predicted molar refractivity (Wildman–Crippen MR) is 113 cm³/mol. The Bertz CT molecular complexity index is 1120. The minimum Gasteiger partial charge on any atom is -0.452 e. The summed E-state index contributed by atoms with van der Waals surface area (Å²) in [6.07, 6.45) is -4.81. The van der Waals surface area contributed by atoms with Crippen molar-refractivity contribution in [3.63, 3.8) is 0 Å². The predicted octanol–water partition coefficient (Wildman–Crippen LogP) is 4.63. The molecule has 2 amide bonds. The average Bonchev–Trinajstić information content (AvgIpc) is 2.79. The summed E-state index contributed by atoms with van der Waals surface area (Å²) in [5, 5.41) is 5.08. The highest BCUT2D eigenvalue weighted by molar-refractivity contribution is 6.04. The Morgan fingerprint density at radius 3 is 1.91 bits per heavy atom. The Hall–Kier alpha value is -4.34. The van der Waals surface area contributed by atoms with Crippen molar-refractivity contribution in [3.05, 3.63) is 90.0 Å². The highest BCUT2D eigenvalue weighted by Crippen LogP contribution is 2.24. The monoisotopic (exact) mass is 458 g/mol. The number of benzene rings is 3. The van der Waals surface area contributed by atoms with Gasteiger partial charge in [0.25, 0.3) is 11.8 Å². The number of amides is 2. The second-order valence-electron chi connectivity index (χ2n) is 6.59. The van der Waals surface area contributed by atoms with Crippen LogP contribution in [0.2, 0.25) is 0 Å². The van der Waals surface area contributed by atoms with Crippen LogP contribution in [0, 0.1) is 0 Å². The lowest BCUT2D eigenvalue weighted by atomic mass is 10.2. The van der Waals surface area contributed by atoms with E-state index in [4.69, 9.17) is 4.74 Å². The zero-order chi connectivity index (χ0) is 23.8. The van der Waals surface area contributed by atoms with Crippen LogP contribution >= 0.6 is 0 Å². The van der Waals surface area contributed by atoms with E-state index < -0.39 is 30.6 Å². The molecule has 0 bridgehead atoms. The molecule has 0 fully saturated rings. The Kier molecular flexibility index (Phi) is 7.29. The molecule has 0 aliphatic carbocycles. The smallest absolute Gasteiger partial charge is 0.452 e. The van der Waals surface area contributed by atoms with Crippen molar-refractivity contribution in [1.82, 2.24) is 0 Å². The lowest BCUT2D eigenvalue weighted by Crippen LogP contribution is -2.21. The number of hydrogen-bond acceptors (Lipinski definition) is 5. The highest BCUT2D eigenvalue weighted by atomic mass is 19.4. The lowest BCUT2D eigenvalue weighted by Gasteiger charge is -2.10. The van der Waals surface area contributed by atoms with Crippen LogP contribution in [0.4, 0.5) is 24.5 Å². The summed E-state index contributed by atoms with van der Waals surface area (Å²) in [6, 6.07) is 19.0. The van der Waals surface area contributed by atoms with Crippen LogP contribution in [-0.4, -0.2) is 30.8 Å². The van der Waals surface area contributed by atoms with Crippen molar-refractivity contribution < 1.29 is 37.0 Å². The van der Waals surface area contributed by atoms with Crippen LogP contribution in [0.25, 0.3) is 0 Å². The van der Waals surface area contributed by atoms with E-state index in [0.29, 0.717) is 11.3 Å². The molecule has 0 aromatic heterocycles. The number of nitrogens with one attached hydrogen (secondary N) is 2. The van der Waals surface area contributed by atoms with Crippen molar-refractivity contribution in [2.75, 3.05) is 17.2 Å². The van der Waals surface area contributed by atoms with Crippen LogP contribution < -0.4 is 15.4 Å².